The van der Waals surface area contributed by atoms with E-state index in [1.807, 2.05) is 4.90 Å². The number of methoxy groups -OCH3 is 1. The number of carbonyl (C=O) groups is 1. The van der Waals surface area contributed by atoms with Crippen LogP contribution in [0.5, 0.6) is 0 Å². The lowest BCUT2D eigenvalue weighted by molar-refractivity contribution is -0.133. The maximum Gasteiger partial charge on any atom is 0.241 e. The first-order valence-electron chi connectivity index (χ1n) is 7.67. The summed E-state index contributed by atoms with van der Waals surface area (Å²) in [6.07, 6.45) is 1.75. The lowest BCUT2D eigenvalue weighted by Gasteiger charge is -2.31. The zero-order valence-corrected chi connectivity index (χ0v) is 14.2. The fraction of sp³-hybridized carbons (Fsp3) is 0.688. The average molecular weight is 310 g/mol. The SMILES string of the molecule is CCC(COC)N1C(=O)C(CC(C)C)NC1c1ccsc1. The molecule has 4 nitrogen and oxygen atoms in total. The molecule has 1 saturated heterocycles. The van der Waals surface area contributed by atoms with Crippen LogP contribution >= 0.6 is 11.3 Å². The van der Waals surface area contributed by atoms with Crippen molar-refractivity contribution in [1.29, 1.82) is 0 Å². The number of rotatable bonds is 7. The molecular formula is C16H26N2O2S. The molecule has 5 heteroatoms. The Morgan fingerprint density at radius 2 is 2.24 bits per heavy atom. The summed E-state index contributed by atoms with van der Waals surface area (Å²) >= 11 is 1.67. The predicted octanol–water partition coefficient (Wildman–Crippen LogP) is 3.02. The van der Waals surface area contributed by atoms with Crippen molar-refractivity contribution in [2.45, 2.75) is 51.9 Å². The lowest BCUT2D eigenvalue weighted by atomic mass is 10.0. The van der Waals surface area contributed by atoms with Crippen LogP contribution in [0, 0.1) is 5.92 Å². The van der Waals surface area contributed by atoms with Crippen molar-refractivity contribution in [2.75, 3.05) is 13.7 Å². The topological polar surface area (TPSA) is 41.6 Å². The minimum atomic E-state index is -0.0826. The second kappa shape index (κ2) is 7.38. The molecule has 1 aliphatic rings. The van der Waals surface area contributed by atoms with E-state index in [4.69, 9.17) is 4.74 Å². The zero-order chi connectivity index (χ0) is 15.4. The molecule has 21 heavy (non-hydrogen) atoms. The summed E-state index contributed by atoms with van der Waals surface area (Å²) < 4.78 is 5.32. The summed E-state index contributed by atoms with van der Waals surface area (Å²) in [5.41, 5.74) is 1.18. The first-order valence-corrected chi connectivity index (χ1v) is 8.62. The van der Waals surface area contributed by atoms with Gasteiger partial charge in [0.15, 0.2) is 0 Å². The van der Waals surface area contributed by atoms with Crippen LogP contribution in [-0.4, -0.2) is 36.6 Å². The summed E-state index contributed by atoms with van der Waals surface area (Å²) in [6.45, 7) is 7.00. The molecule has 1 aromatic rings. The zero-order valence-electron chi connectivity index (χ0n) is 13.3. The largest absolute Gasteiger partial charge is 0.383 e. The molecule has 0 saturated carbocycles. The number of nitrogens with zero attached hydrogens (tertiary/aromatic N) is 1. The van der Waals surface area contributed by atoms with E-state index in [0.717, 1.165) is 12.8 Å². The number of hydrogen-bond donors (Lipinski definition) is 1. The normalized spacial score (nSPS) is 24.0. The summed E-state index contributed by atoms with van der Waals surface area (Å²) in [5, 5.41) is 7.71. The highest BCUT2D eigenvalue weighted by Gasteiger charge is 2.42. The number of thiophene rings is 1. The van der Waals surface area contributed by atoms with Crippen molar-refractivity contribution in [3.63, 3.8) is 0 Å². The van der Waals surface area contributed by atoms with Gasteiger partial charge in [-0.15, -0.1) is 0 Å². The average Bonchev–Trinajstić information content (AvgIpc) is 3.05. The predicted molar refractivity (Wildman–Crippen MR) is 86.2 cm³/mol. The summed E-state index contributed by atoms with van der Waals surface area (Å²) in [6, 6.07) is 2.14. The maximum absolute atomic E-state index is 12.8. The van der Waals surface area contributed by atoms with Crippen molar-refractivity contribution in [1.82, 2.24) is 10.2 Å². The molecule has 3 atom stereocenters. The van der Waals surface area contributed by atoms with E-state index >= 15 is 0 Å². The molecule has 118 valence electrons. The van der Waals surface area contributed by atoms with Gasteiger partial charge in [0.25, 0.3) is 0 Å². The van der Waals surface area contributed by atoms with Gasteiger partial charge in [0.1, 0.15) is 6.17 Å². The van der Waals surface area contributed by atoms with E-state index in [2.05, 4.69) is 42.9 Å². The van der Waals surface area contributed by atoms with Gasteiger partial charge in [0.05, 0.1) is 18.7 Å². The smallest absolute Gasteiger partial charge is 0.241 e. The third kappa shape index (κ3) is 3.65. The summed E-state index contributed by atoms with van der Waals surface area (Å²) in [4.78, 5) is 14.8. The molecule has 0 aromatic carbocycles. The Kier molecular flexibility index (Phi) is 5.79. The molecule has 0 spiro atoms. The van der Waals surface area contributed by atoms with Crippen molar-refractivity contribution in [3.8, 4) is 0 Å². The molecule has 0 aliphatic carbocycles. The standard InChI is InChI=1S/C16H26N2O2S/c1-5-13(9-20-4)18-15(12-6-7-21-10-12)17-14(16(18)19)8-11(2)3/h6-7,10-11,13-15,17H,5,8-9H2,1-4H3. The molecule has 1 aliphatic heterocycles. The maximum atomic E-state index is 12.8. The number of amides is 1. The molecule has 1 amide bonds. The molecule has 1 N–H and O–H groups in total. The van der Waals surface area contributed by atoms with Gasteiger partial charge in [0.2, 0.25) is 5.91 Å². The van der Waals surface area contributed by atoms with Gasteiger partial charge in [-0.3, -0.25) is 10.1 Å². The van der Waals surface area contributed by atoms with E-state index < -0.39 is 0 Å². The van der Waals surface area contributed by atoms with Crippen molar-refractivity contribution < 1.29 is 9.53 Å². The van der Waals surface area contributed by atoms with Crippen LogP contribution in [0.4, 0.5) is 0 Å². The highest BCUT2D eigenvalue weighted by molar-refractivity contribution is 7.07. The molecule has 0 bridgehead atoms. The molecule has 2 heterocycles. The van der Waals surface area contributed by atoms with Crippen LogP contribution in [-0.2, 0) is 9.53 Å². The lowest BCUT2D eigenvalue weighted by Crippen LogP contribution is -2.42. The highest BCUT2D eigenvalue weighted by atomic mass is 32.1. The molecule has 0 radical (unpaired) electrons. The first-order chi connectivity index (χ1) is 10.1. The Morgan fingerprint density at radius 1 is 1.48 bits per heavy atom. The van der Waals surface area contributed by atoms with E-state index in [1.54, 1.807) is 18.4 Å². The second-order valence-electron chi connectivity index (χ2n) is 6.07. The minimum Gasteiger partial charge on any atom is -0.383 e. The van der Waals surface area contributed by atoms with E-state index in [9.17, 15) is 4.79 Å². The first kappa shape index (κ1) is 16.5. The molecule has 2 rings (SSSR count). The van der Waals surface area contributed by atoms with Crippen LogP contribution in [0.25, 0.3) is 0 Å². The molecule has 1 aromatic heterocycles. The quantitative estimate of drug-likeness (QED) is 0.842. The van der Waals surface area contributed by atoms with Gasteiger partial charge < -0.3 is 9.64 Å². The third-order valence-corrected chi connectivity index (χ3v) is 4.68. The fourth-order valence-electron chi connectivity index (χ4n) is 2.96. The van der Waals surface area contributed by atoms with Crippen molar-refractivity contribution in [2.24, 2.45) is 5.92 Å². The van der Waals surface area contributed by atoms with E-state index in [0.29, 0.717) is 12.5 Å². The monoisotopic (exact) mass is 310 g/mol. The van der Waals surface area contributed by atoms with Crippen LogP contribution in [0.2, 0.25) is 0 Å². The van der Waals surface area contributed by atoms with Gasteiger partial charge >= 0.3 is 0 Å². The summed E-state index contributed by atoms with van der Waals surface area (Å²) in [7, 11) is 1.70. The Labute approximate surface area is 131 Å². The Balaban J connectivity index is 2.25. The number of nitrogens with one attached hydrogen (secondary N) is 1. The van der Waals surface area contributed by atoms with Gasteiger partial charge in [-0.05, 0) is 41.1 Å². The highest BCUT2D eigenvalue weighted by Crippen LogP contribution is 2.31. The Hall–Kier alpha value is -0.910. The molecule has 3 unspecified atom stereocenters. The van der Waals surface area contributed by atoms with Gasteiger partial charge in [-0.25, -0.2) is 0 Å². The van der Waals surface area contributed by atoms with Crippen LogP contribution < -0.4 is 5.32 Å². The van der Waals surface area contributed by atoms with Crippen LogP contribution in [0.15, 0.2) is 16.8 Å². The number of ether oxygens (including phenoxy) is 1. The van der Waals surface area contributed by atoms with Crippen molar-refractivity contribution in [3.05, 3.63) is 22.4 Å². The van der Waals surface area contributed by atoms with Crippen LogP contribution in [0.1, 0.15) is 45.3 Å². The van der Waals surface area contributed by atoms with Gasteiger partial charge in [0, 0.05) is 7.11 Å². The second-order valence-corrected chi connectivity index (χ2v) is 6.85. The van der Waals surface area contributed by atoms with Crippen molar-refractivity contribution >= 4 is 17.2 Å². The Morgan fingerprint density at radius 3 is 2.76 bits per heavy atom. The fourth-order valence-corrected chi connectivity index (χ4v) is 3.63. The number of carbonyl (C=O) groups excluding carboxylic acids is 1. The van der Waals surface area contributed by atoms with Gasteiger partial charge in [-0.1, -0.05) is 20.8 Å². The van der Waals surface area contributed by atoms with Gasteiger partial charge in [-0.2, -0.15) is 11.3 Å². The minimum absolute atomic E-state index is 0.0207. The molecular weight excluding hydrogens is 284 g/mol. The van der Waals surface area contributed by atoms with Crippen LogP contribution in [0.3, 0.4) is 0 Å². The third-order valence-electron chi connectivity index (χ3n) is 3.98. The van der Waals surface area contributed by atoms with E-state index in [-0.39, 0.29) is 24.2 Å². The number of hydrogen-bond acceptors (Lipinski definition) is 4. The molecule has 1 fully saturated rings. The van der Waals surface area contributed by atoms with E-state index in [1.165, 1.54) is 5.56 Å². The Bertz CT molecular complexity index is 447. The summed E-state index contributed by atoms with van der Waals surface area (Å²) in [5.74, 6) is 0.709.